The summed E-state index contributed by atoms with van der Waals surface area (Å²) in [5.41, 5.74) is 6.95. The van der Waals surface area contributed by atoms with Crippen molar-refractivity contribution in [1.82, 2.24) is 0 Å². The highest BCUT2D eigenvalue weighted by molar-refractivity contribution is 4.91. The molecular formula is C15H31N. The maximum absolute atomic E-state index is 6.42. The summed E-state index contributed by atoms with van der Waals surface area (Å²) in [6.07, 6.45) is 5.01. The lowest BCUT2D eigenvalue weighted by molar-refractivity contribution is 0.0853. The Morgan fingerprint density at radius 2 is 1.50 bits per heavy atom. The van der Waals surface area contributed by atoms with Crippen LogP contribution < -0.4 is 5.73 Å². The summed E-state index contributed by atoms with van der Waals surface area (Å²) in [7, 11) is 0. The zero-order valence-corrected chi connectivity index (χ0v) is 12.1. The van der Waals surface area contributed by atoms with Gasteiger partial charge in [0.25, 0.3) is 0 Å². The van der Waals surface area contributed by atoms with Crippen molar-refractivity contribution in [1.29, 1.82) is 0 Å². The summed E-state index contributed by atoms with van der Waals surface area (Å²) in [6, 6.07) is 0. The van der Waals surface area contributed by atoms with Crippen molar-refractivity contribution in [3.63, 3.8) is 0 Å². The van der Waals surface area contributed by atoms with E-state index in [9.17, 15) is 0 Å². The van der Waals surface area contributed by atoms with Crippen LogP contribution in [0.4, 0.5) is 0 Å². The Hall–Kier alpha value is -0.0400. The summed E-state index contributed by atoms with van der Waals surface area (Å²) < 4.78 is 0. The molecule has 1 aliphatic rings. The minimum absolute atomic E-state index is 0.0459. The van der Waals surface area contributed by atoms with E-state index in [-0.39, 0.29) is 5.54 Å². The van der Waals surface area contributed by atoms with E-state index in [1.54, 1.807) is 0 Å². The van der Waals surface area contributed by atoms with Crippen LogP contribution in [-0.2, 0) is 0 Å². The molecule has 16 heavy (non-hydrogen) atoms. The van der Waals surface area contributed by atoms with Crippen molar-refractivity contribution in [2.75, 3.05) is 0 Å². The lowest BCUT2D eigenvalue weighted by atomic mass is 9.63. The van der Waals surface area contributed by atoms with Gasteiger partial charge in [-0.25, -0.2) is 0 Å². The molecule has 0 aromatic rings. The predicted octanol–water partition coefficient (Wildman–Crippen LogP) is 4.21. The van der Waals surface area contributed by atoms with Crippen molar-refractivity contribution in [3.8, 4) is 0 Å². The van der Waals surface area contributed by atoms with E-state index >= 15 is 0 Å². The Balaban J connectivity index is 2.86. The molecular weight excluding hydrogens is 194 g/mol. The van der Waals surface area contributed by atoms with Crippen LogP contribution in [0.25, 0.3) is 0 Å². The molecule has 96 valence electrons. The van der Waals surface area contributed by atoms with Gasteiger partial charge in [0.1, 0.15) is 0 Å². The quantitative estimate of drug-likeness (QED) is 0.710. The fourth-order valence-electron chi connectivity index (χ4n) is 3.17. The first kappa shape index (κ1) is 14.0. The lowest BCUT2D eigenvalue weighted by Gasteiger charge is -2.44. The molecule has 1 heteroatoms. The SMILES string of the molecule is CC1CC(C)(N)CCC(C)(C(C)C)CC1C. The molecule has 0 radical (unpaired) electrons. The van der Waals surface area contributed by atoms with Gasteiger partial charge in [0.2, 0.25) is 0 Å². The van der Waals surface area contributed by atoms with Gasteiger partial charge in [-0.15, -0.1) is 0 Å². The van der Waals surface area contributed by atoms with E-state index in [1.807, 2.05) is 0 Å². The Kier molecular flexibility index (Phi) is 4.10. The minimum Gasteiger partial charge on any atom is -0.325 e. The normalized spacial score (nSPS) is 46.5. The average molecular weight is 225 g/mol. The van der Waals surface area contributed by atoms with Crippen LogP contribution in [0, 0.1) is 23.2 Å². The first-order valence-corrected chi connectivity index (χ1v) is 6.95. The number of nitrogens with two attached hydrogens (primary N) is 1. The summed E-state index contributed by atoms with van der Waals surface area (Å²) in [5.74, 6) is 2.32. The number of rotatable bonds is 1. The molecule has 0 spiro atoms. The van der Waals surface area contributed by atoms with E-state index < -0.39 is 0 Å². The second-order valence-corrected chi connectivity index (χ2v) is 7.33. The molecule has 0 aliphatic heterocycles. The van der Waals surface area contributed by atoms with Gasteiger partial charge in [0.15, 0.2) is 0 Å². The van der Waals surface area contributed by atoms with Gasteiger partial charge in [-0.3, -0.25) is 0 Å². The van der Waals surface area contributed by atoms with Gasteiger partial charge >= 0.3 is 0 Å². The largest absolute Gasteiger partial charge is 0.325 e. The van der Waals surface area contributed by atoms with Gasteiger partial charge in [0.05, 0.1) is 0 Å². The Bertz CT molecular complexity index is 232. The molecule has 4 atom stereocenters. The van der Waals surface area contributed by atoms with Crippen molar-refractivity contribution in [2.24, 2.45) is 28.9 Å². The average Bonchev–Trinajstić information content (AvgIpc) is 2.13. The first-order valence-electron chi connectivity index (χ1n) is 6.95. The molecule has 0 aromatic heterocycles. The van der Waals surface area contributed by atoms with Crippen LogP contribution in [0.15, 0.2) is 0 Å². The van der Waals surface area contributed by atoms with Gasteiger partial charge in [-0.1, -0.05) is 34.6 Å². The van der Waals surface area contributed by atoms with E-state index in [2.05, 4.69) is 41.5 Å². The zero-order chi connectivity index (χ0) is 12.6. The van der Waals surface area contributed by atoms with Crippen LogP contribution in [-0.4, -0.2) is 5.54 Å². The Morgan fingerprint density at radius 3 is 2.00 bits per heavy atom. The second kappa shape index (κ2) is 4.68. The molecule has 1 saturated carbocycles. The molecule has 1 aliphatic carbocycles. The standard InChI is InChI=1S/C15H31N/c1-11(2)14(5)7-8-15(6,16)10-13(4)12(3)9-14/h11-13H,7-10,16H2,1-6H3. The summed E-state index contributed by atoms with van der Waals surface area (Å²) >= 11 is 0. The van der Waals surface area contributed by atoms with E-state index in [4.69, 9.17) is 5.73 Å². The monoisotopic (exact) mass is 225 g/mol. The van der Waals surface area contributed by atoms with Crippen molar-refractivity contribution in [2.45, 2.75) is 72.8 Å². The molecule has 1 fully saturated rings. The highest BCUT2D eigenvalue weighted by Gasteiger charge is 2.37. The fraction of sp³-hybridized carbons (Fsp3) is 1.00. The number of hydrogen-bond acceptors (Lipinski definition) is 1. The Labute approximate surface area is 102 Å². The lowest BCUT2D eigenvalue weighted by Crippen LogP contribution is -2.43. The highest BCUT2D eigenvalue weighted by atomic mass is 14.7. The smallest absolute Gasteiger partial charge is 0.0128 e. The molecule has 0 amide bonds. The molecule has 4 unspecified atom stereocenters. The predicted molar refractivity (Wildman–Crippen MR) is 72.3 cm³/mol. The third-order valence-corrected chi connectivity index (χ3v) is 5.21. The Morgan fingerprint density at radius 1 is 1.00 bits per heavy atom. The van der Waals surface area contributed by atoms with Crippen molar-refractivity contribution in [3.05, 3.63) is 0 Å². The molecule has 0 aromatic carbocycles. The topological polar surface area (TPSA) is 26.0 Å². The van der Waals surface area contributed by atoms with Gasteiger partial charge < -0.3 is 5.73 Å². The maximum Gasteiger partial charge on any atom is 0.0128 e. The van der Waals surface area contributed by atoms with Crippen LogP contribution in [0.1, 0.15) is 67.2 Å². The summed E-state index contributed by atoms with van der Waals surface area (Å²) in [5, 5.41) is 0. The van der Waals surface area contributed by atoms with Crippen molar-refractivity contribution < 1.29 is 0 Å². The van der Waals surface area contributed by atoms with Crippen LogP contribution in [0.2, 0.25) is 0 Å². The third-order valence-electron chi connectivity index (χ3n) is 5.21. The summed E-state index contributed by atoms with van der Waals surface area (Å²) in [4.78, 5) is 0. The highest BCUT2D eigenvalue weighted by Crippen LogP contribution is 2.45. The van der Waals surface area contributed by atoms with Crippen molar-refractivity contribution >= 4 is 0 Å². The van der Waals surface area contributed by atoms with Gasteiger partial charge in [-0.2, -0.15) is 0 Å². The number of hydrogen-bond donors (Lipinski definition) is 1. The van der Waals surface area contributed by atoms with Crippen LogP contribution in [0.3, 0.4) is 0 Å². The fourth-order valence-corrected chi connectivity index (χ4v) is 3.17. The summed E-state index contributed by atoms with van der Waals surface area (Å²) in [6.45, 7) is 14.2. The van der Waals surface area contributed by atoms with E-state index in [0.717, 1.165) is 17.8 Å². The third kappa shape index (κ3) is 3.23. The van der Waals surface area contributed by atoms with E-state index in [1.165, 1.54) is 25.7 Å². The maximum atomic E-state index is 6.42. The van der Waals surface area contributed by atoms with Crippen LogP contribution >= 0.6 is 0 Å². The van der Waals surface area contributed by atoms with Crippen LogP contribution in [0.5, 0.6) is 0 Å². The molecule has 2 N–H and O–H groups in total. The molecule has 1 rings (SSSR count). The van der Waals surface area contributed by atoms with Gasteiger partial charge in [-0.05, 0) is 55.8 Å². The van der Waals surface area contributed by atoms with Gasteiger partial charge in [0, 0.05) is 5.54 Å². The molecule has 1 nitrogen and oxygen atoms in total. The minimum atomic E-state index is 0.0459. The first-order chi connectivity index (χ1) is 7.16. The molecule has 0 heterocycles. The van der Waals surface area contributed by atoms with E-state index in [0.29, 0.717) is 5.41 Å². The molecule has 0 bridgehead atoms. The second-order valence-electron chi connectivity index (χ2n) is 7.33. The molecule has 0 saturated heterocycles. The zero-order valence-electron chi connectivity index (χ0n) is 12.1.